The first-order valence-corrected chi connectivity index (χ1v) is 6.32. The first-order chi connectivity index (χ1) is 9.40. The molecular formula is C18H27N2O2+. The minimum absolute atomic E-state index is 0. The summed E-state index contributed by atoms with van der Waals surface area (Å²) in [6.07, 6.45) is 7.41. The average molecular weight is 303 g/mol. The number of hydrogen-bond acceptors (Lipinski definition) is 2. The van der Waals surface area contributed by atoms with Crippen LogP contribution in [0.1, 0.15) is 42.0 Å². The number of ketones is 2. The van der Waals surface area contributed by atoms with Crippen molar-refractivity contribution in [2.75, 3.05) is 0 Å². The van der Waals surface area contributed by atoms with Gasteiger partial charge in [-0.1, -0.05) is 7.43 Å². The average Bonchev–Trinajstić information content (AvgIpc) is 2.39. The zero-order chi connectivity index (χ0) is 15.1. The van der Waals surface area contributed by atoms with Crippen molar-refractivity contribution < 1.29 is 18.7 Å². The van der Waals surface area contributed by atoms with Gasteiger partial charge >= 0.3 is 0 Å². The van der Waals surface area contributed by atoms with E-state index in [1.807, 2.05) is 72.3 Å². The highest BCUT2D eigenvalue weighted by Crippen LogP contribution is 1.94. The van der Waals surface area contributed by atoms with E-state index in [-0.39, 0.29) is 26.4 Å². The number of carbonyl (C=O) groups is 2. The number of Topliss-reactive ketones (excluding diaryl/α,β-unsaturated/α-hetero) is 2. The molecular weight excluding hydrogens is 276 g/mol. The Morgan fingerprint density at radius 1 is 0.818 bits per heavy atom. The third-order valence-electron chi connectivity index (χ3n) is 2.69. The molecule has 0 spiro atoms. The molecule has 22 heavy (non-hydrogen) atoms. The molecule has 0 aliphatic carbocycles. The largest absolute Gasteiger partial charge is 0.358 e. The van der Waals surface area contributed by atoms with Gasteiger partial charge in [-0.15, -0.1) is 0 Å². The zero-order valence-corrected chi connectivity index (χ0v) is 13.3. The van der Waals surface area contributed by atoms with Crippen LogP contribution in [0.3, 0.4) is 0 Å². The van der Waals surface area contributed by atoms with Crippen molar-refractivity contribution in [1.29, 1.82) is 0 Å². The van der Waals surface area contributed by atoms with Crippen LogP contribution >= 0.6 is 0 Å². The molecule has 2 aromatic heterocycles. The fraction of sp³-hybridized carbons (Fsp3) is 0.278. The Kier molecular flexibility index (Phi) is 10.3. The van der Waals surface area contributed by atoms with Crippen LogP contribution in [-0.4, -0.2) is 11.6 Å². The summed E-state index contributed by atoms with van der Waals surface area (Å²) in [5.74, 6) is 0.215. The number of rotatable bonds is 2. The summed E-state index contributed by atoms with van der Waals surface area (Å²) in [6.45, 7) is 3.13. The quantitative estimate of drug-likeness (QED) is 0.486. The summed E-state index contributed by atoms with van der Waals surface area (Å²) in [5, 5.41) is 0. The van der Waals surface area contributed by atoms with Gasteiger partial charge in [-0.05, 0) is 26.0 Å². The third-order valence-corrected chi connectivity index (χ3v) is 2.69. The predicted octanol–water partition coefficient (Wildman–Crippen LogP) is 2.51. The molecule has 0 aliphatic rings. The van der Waals surface area contributed by atoms with Crippen LogP contribution in [0.2, 0.25) is 0 Å². The second-order valence-electron chi connectivity index (χ2n) is 4.63. The van der Waals surface area contributed by atoms with E-state index < -0.39 is 0 Å². The number of nitrogens with zero attached hydrogens (tertiary/aromatic N) is 2. The van der Waals surface area contributed by atoms with Crippen LogP contribution < -0.4 is 9.13 Å². The van der Waals surface area contributed by atoms with Crippen LogP contribution in [0.15, 0.2) is 49.1 Å². The molecule has 0 saturated heterocycles. The van der Waals surface area contributed by atoms with Gasteiger partial charge in [0.05, 0.1) is 11.1 Å². The van der Waals surface area contributed by atoms with E-state index in [1.165, 1.54) is 0 Å². The van der Waals surface area contributed by atoms with E-state index in [9.17, 15) is 9.59 Å². The summed E-state index contributed by atoms with van der Waals surface area (Å²) in [7, 11) is 3.79. The monoisotopic (exact) mass is 303 g/mol. The number of carbonyl (C=O) groups excluding carboxylic acids is 2. The lowest BCUT2D eigenvalue weighted by Crippen LogP contribution is -2.27. The maximum absolute atomic E-state index is 10.8. The van der Waals surface area contributed by atoms with Gasteiger partial charge in [-0.25, -0.2) is 9.13 Å². The molecule has 0 N–H and O–H groups in total. The summed E-state index contributed by atoms with van der Waals surface area (Å²) < 4.78 is 3.72. The Bertz CT molecular complexity index is 566. The Hall–Kier alpha value is -2.36. The number of aromatic nitrogens is 2. The second kappa shape index (κ2) is 10.4. The lowest BCUT2D eigenvalue weighted by molar-refractivity contribution is -0.671. The number of aryl methyl sites for hydroxylation is 2. The molecule has 2 rings (SSSR count). The zero-order valence-electron chi connectivity index (χ0n) is 13.3. The van der Waals surface area contributed by atoms with Crippen molar-refractivity contribution >= 4 is 11.6 Å². The molecule has 0 fully saturated rings. The van der Waals surface area contributed by atoms with E-state index in [2.05, 4.69) is 0 Å². The molecule has 0 radical (unpaired) electrons. The Balaban J connectivity index is 0. The molecule has 4 heteroatoms. The number of hydrogen-bond donors (Lipinski definition) is 0. The Morgan fingerprint density at radius 2 is 1.14 bits per heavy atom. The van der Waals surface area contributed by atoms with Crippen LogP contribution in [0.5, 0.6) is 0 Å². The summed E-state index contributed by atoms with van der Waals surface area (Å²) in [6, 6.07) is 7.33. The third kappa shape index (κ3) is 7.43. The maximum Gasteiger partial charge on any atom is 0.179 e. The second-order valence-corrected chi connectivity index (χ2v) is 4.63. The minimum atomic E-state index is 0. The minimum Gasteiger partial charge on any atom is -0.358 e. The molecule has 0 atom stereocenters. The summed E-state index contributed by atoms with van der Waals surface area (Å²) in [4.78, 5) is 21.6. The van der Waals surface area contributed by atoms with Crippen molar-refractivity contribution in [2.24, 2.45) is 14.1 Å². The van der Waals surface area contributed by atoms with Crippen LogP contribution in [0.4, 0.5) is 0 Å². The van der Waals surface area contributed by atoms with Crippen LogP contribution in [0, 0.1) is 7.43 Å². The highest BCUT2D eigenvalue weighted by atomic mass is 16.1. The molecule has 0 aromatic carbocycles. The maximum atomic E-state index is 10.8. The van der Waals surface area contributed by atoms with Crippen molar-refractivity contribution in [3.63, 3.8) is 0 Å². The van der Waals surface area contributed by atoms with Crippen LogP contribution in [0.25, 0.3) is 0 Å². The van der Waals surface area contributed by atoms with Gasteiger partial charge in [0.15, 0.2) is 36.4 Å². The molecule has 120 valence electrons. The van der Waals surface area contributed by atoms with E-state index in [0.29, 0.717) is 0 Å². The fourth-order valence-electron chi connectivity index (χ4n) is 1.59. The molecule has 0 unspecified atom stereocenters. The summed E-state index contributed by atoms with van der Waals surface area (Å²) in [5.41, 5.74) is 1.51. The van der Waals surface area contributed by atoms with Gasteiger partial charge < -0.3 is 7.43 Å². The van der Waals surface area contributed by atoms with E-state index in [4.69, 9.17) is 0 Å². The molecule has 2 aromatic rings. The lowest BCUT2D eigenvalue weighted by atomic mass is 10.2. The molecule has 2 heterocycles. The van der Waals surface area contributed by atoms with Crippen molar-refractivity contribution in [3.05, 3.63) is 67.6 Å². The smallest absolute Gasteiger partial charge is 0.179 e. The van der Waals surface area contributed by atoms with Gasteiger partial charge in [0.25, 0.3) is 0 Å². The normalized spacial score (nSPS) is 8.55. The Labute approximate surface area is 134 Å². The topological polar surface area (TPSA) is 41.9 Å². The van der Waals surface area contributed by atoms with E-state index in [1.54, 1.807) is 13.8 Å². The van der Waals surface area contributed by atoms with Gasteiger partial charge in [0.2, 0.25) is 0 Å². The molecule has 4 nitrogen and oxygen atoms in total. The first-order valence-electron chi connectivity index (χ1n) is 6.32. The highest BCUT2D eigenvalue weighted by Gasteiger charge is 2.01. The van der Waals surface area contributed by atoms with Gasteiger partial charge in [-0.3, -0.25) is 9.59 Å². The first kappa shape index (κ1) is 21.9. The van der Waals surface area contributed by atoms with Crippen molar-refractivity contribution in [3.8, 4) is 0 Å². The lowest BCUT2D eigenvalue weighted by Gasteiger charge is -1.89. The van der Waals surface area contributed by atoms with Gasteiger partial charge in [0, 0.05) is 12.1 Å². The van der Waals surface area contributed by atoms with Crippen molar-refractivity contribution in [2.45, 2.75) is 21.3 Å². The van der Waals surface area contributed by atoms with Gasteiger partial charge in [-0.2, -0.15) is 0 Å². The molecule has 0 saturated carbocycles. The highest BCUT2D eigenvalue weighted by molar-refractivity contribution is 5.93. The molecule has 0 aliphatic heterocycles. The number of pyridine rings is 2. The van der Waals surface area contributed by atoms with Gasteiger partial charge in [0.1, 0.15) is 14.1 Å². The predicted molar refractivity (Wildman–Crippen MR) is 88.4 cm³/mol. The fourth-order valence-corrected chi connectivity index (χ4v) is 1.59. The summed E-state index contributed by atoms with van der Waals surface area (Å²) >= 11 is 0. The molecule has 0 bridgehead atoms. The van der Waals surface area contributed by atoms with E-state index in [0.717, 1.165) is 11.1 Å². The van der Waals surface area contributed by atoms with Crippen molar-refractivity contribution in [1.82, 2.24) is 0 Å². The van der Waals surface area contributed by atoms with E-state index >= 15 is 0 Å². The van der Waals surface area contributed by atoms with Crippen LogP contribution in [-0.2, 0) is 14.1 Å². The molecule has 0 amide bonds. The standard InChI is InChI=1S/2C8H10NO.CH4.CH3/c2*1-7(10)8-4-3-5-9(2)6-8;;/h2*3-6H,1-2H3;1H4;1H3/q2*+1;;-1. The Morgan fingerprint density at radius 3 is 1.32 bits per heavy atom. The SMILES string of the molecule is C.CC(=O)c1ccc[n+](C)c1.CC(=O)c1ccc[n+](C)c1.[CH3-].